The molecule has 0 aromatic heterocycles. The number of rotatable bonds is 4. The van der Waals surface area contributed by atoms with Crippen LogP contribution in [0.1, 0.15) is 30.9 Å². The molecule has 0 saturated heterocycles. The number of hydrogen-bond donors (Lipinski definition) is 1. The Bertz CT molecular complexity index is 1150. The number of nitrogens with zero attached hydrogens (tertiary/aromatic N) is 2. The van der Waals surface area contributed by atoms with E-state index in [1.54, 1.807) is 25.1 Å². The molecule has 1 aliphatic heterocycles. The van der Waals surface area contributed by atoms with Crippen molar-refractivity contribution < 1.29 is 21.6 Å². The second-order valence-corrected chi connectivity index (χ2v) is 9.61. The molecule has 1 N–H and O–H groups in total. The number of aryl methyl sites for hydroxylation is 1. The third-order valence-electron chi connectivity index (χ3n) is 4.09. The Hall–Kier alpha value is -2.72. The second-order valence-electron chi connectivity index (χ2n) is 6.25. The van der Waals surface area contributed by atoms with Crippen LogP contribution in [0.5, 0.6) is 0 Å². The highest BCUT2D eigenvalue weighted by molar-refractivity contribution is 7.91. The first-order chi connectivity index (χ1) is 13.2. The molecule has 3 rings (SSSR count). The Balaban J connectivity index is 2.05. The lowest BCUT2D eigenvalue weighted by atomic mass is 10.2. The SMILES string of the molecule is CCCC(=O)N(NC1=NS(=O)(=O)c2ccccc21)S(=O)(=O)c1ccc(C)cc1. The summed E-state index contributed by atoms with van der Waals surface area (Å²) in [5, 5.41) is 0. The topological polar surface area (TPSA) is 113 Å². The van der Waals surface area contributed by atoms with E-state index in [0.717, 1.165) is 5.56 Å². The van der Waals surface area contributed by atoms with E-state index in [1.807, 2.05) is 6.92 Å². The van der Waals surface area contributed by atoms with Crippen molar-refractivity contribution in [3.63, 3.8) is 0 Å². The summed E-state index contributed by atoms with van der Waals surface area (Å²) in [5.74, 6) is -0.928. The number of fused-ring (bicyclic) bond motifs is 1. The highest BCUT2D eigenvalue weighted by atomic mass is 32.2. The van der Waals surface area contributed by atoms with E-state index in [9.17, 15) is 21.6 Å². The molecule has 0 atom stereocenters. The summed E-state index contributed by atoms with van der Waals surface area (Å²) in [6.07, 6.45) is 0.377. The highest BCUT2D eigenvalue weighted by Gasteiger charge is 2.35. The molecule has 2 aromatic rings. The summed E-state index contributed by atoms with van der Waals surface area (Å²) >= 11 is 0. The summed E-state index contributed by atoms with van der Waals surface area (Å²) in [5.41, 5.74) is 3.50. The lowest BCUT2D eigenvalue weighted by Crippen LogP contribution is -2.49. The van der Waals surface area contributed by atoms with E-state index >= 15 is 0 Å². The number of carbonyl (C=O) groups is 1. The zero-order valence-electron chi connectivity index (χ0n) is 15.3. The van der Waals surface area contributed by atoms with Crippen molar-refractivity contribution >= 4 is 31.8 Å². The predicted molar refractivity (Wildman–Crippen MR) is 103 cm³/mol. The smallest absolute Gasteiger partial charge is 0.272 e. The van der Waals surface area contributed by atoms with Crippen LogP contribution in [-0.2, 0) is 24.8 Å². The van der Waals surface area contributed by atoms with Crippen LogP contribution in [-0.4, -0.2) is 33.0 Å². The van der Waals surface area contributed by atoms with Gasteiger partial charge < -0.3 is 0 Å². The van der Waals surface area contributed by atoms with Gasteiger partial charge in [-0.05, 0) is 37.6 Å². The maximum absolute atomic E-state index is 13.1. The number of amidine groups is 1. The zero-order valence-corrected chi connectivity index (χ0v) is 16.9. The van der Waals surface area contributed by atoms with Gasteiger partial charge in [0.05, 0.1) is 4.90 Å². The molecule has 0 unspecified atom stereocenters. The lowest BCUT2D eigenvalue weighted by molar-refractivity contribution is -0.127. The lowest BCUT2D eigenvalue weighted by Gasteiger charge is -2.23. The molecule has 2 aromatic carbocycles. The number of nitrogens with one attached hydrogen (secondary N) is 1. The van der Waals surface area contributed by atoms with Crippen LogP contribution in [0.15, 0.2) is 62.7 Å². The Morgan fingerprint density at radius 1 is 1.11 bits per heavy atom. The first kappa shape index (κ1) is 20.0. The molecule has 0 saturated carbocycles. The average molecular weight is 422 g/mol. The van der Waals surface area contributed by atoms with Gasteiger partial charge in [-0.1, -0.05) is 36.8 Å². The van der Waals surface area contributed by atoms with E-state index < -0.39 is 26.0 Å². The normalized spacial score (nSPS) is 14.9. The standard InChI is InChI=1S/C18H19N3O5S2/c1-3-6-17(22)21(28(25,26)14-11-9-13(2)10-12-14)19-18-15-7-4-5-8-16(15)27(23,24)20-18/h4-5,7-12H,3,6H2,1-2H3,(H,19,20). The number of amides is 1. The summed E-state index contributed by atoms with van der Waals surface area (Å²) in [7, 11) is -8.23. The fraction of sp³-hybridized carbons (Fsp3) is 0.222. The molecule has 0 bridgehead atoms. The van der Waals surface area contributed by atoms with Gasteiger partial charge in [0.25, 0.3) is 26.0 Å². The van der Waals surface area contributed by atoms with Crippen LogP contribution in [0.3, 0.4) is 0 Å². The molecule has 0 fully saturated rings. The minimum Gasteiger partial charge on any atom is -0.272 e. The number of hydrogen-bond acceptors (Lipinski definition) is 6. The van der Waals surface area contributed by atoms with Crippen molar-refractivity contribution in [3.05, 3.63) is 59.7 Å². The largest absolute Gasteiger partial charge is 0.285 e. The third-order valence-corrected chi connectivity index (χ3v) is 7.07. The van der Waals surface area contributed by atoms with Crippen LogP contribution in [0, 0.1) is 6.92 Å². The van der Waals surface area contributed by atoms with Gasteiger partial charge >= 0.3 is 0 Å². The molecule has 28 heavy (non-hydrogen) atoms. The number of hydrazine groups is 1. The molecule has 10 heteroatoms. The van der Waals surface area contributed by atoms with Crippen LogP contribution in [0.2, 0.25) is 0 Å². The van der Waals surface area contributed by atoms with E-state index in [0.29, 0.717) is 10.8 Å². The van der Waals surface area contributed by atoms with E-state index in [1.165, 1.54) is 30.3 Å². The van der Waals surface area contributed by atoms with Gasteiger partial charge in [0.2, 0.25) is 0 Å². The van der Waals surface area contributed by atoms with Crippen molar-refractivity contribution in [3.8, 4) is 0 Å². The zero-order chi connectivity index (χ0) is 20.5. The Labute approximate surface area is 164 Å². The summed E-state index contributed by atoms with van der Waals surface area (Å²) in [6, 6.07) is 12.0. The first-order valence-corrected chi connectivity index (χ1v) is 11.4. The van der Waals surface area contributed by atoms with Crippen LogP contribution in [0.25, 0.3) is 0 Å². The maximum Gasteiger partial charge on any atom is 0.285 e. The minimum atomic E-state index is -4.27. The molecular formula is C18H19N3O5S2. The van der Waals surface area contributed by atoms with Crippen molar-refractivity contribution in [1.29, 1.82) is 0 Å². The monoisotopic (exact) mass is 421 g/mol. The fourth-order valence-corrected chi connectivity index (χ4v) is 5.10. The van der Waals surface area contributed by atoms with Gasteiger partial charge in [0.1, 0.15) is 4.90 Å². The minimum absolute atomic E-state index is 0.0419. The molecule has 0 aliphatic carbocycles. The van der Waals surface area contributed by atoms with Gasteiger partial charge in [0, 0.05) is 12.0 Å². The van der Waals surface area contributed by atoms with E-state index in [-0.39, 0.29) is 27.6 Å². The summed E-state index contributed by atoms with van der Waals surface area (Å²) < 4.78 is 54.6. The molecule has 1 amide bonds. The third kappa shape index (κ3) is 3.65. The van der Waals surface area contributed by atoms with Crippen molar-refractivity contribution in [2.45, 2.75) is 36.5 Å². The number of sulfonamides is 2. The average Bonchev–Trinajstić information content (AvgIpc) is 2.91. The molecule has 1 aliphatic rings. The first-order valence-electron chi connectivity index (χ1n) is 8.52. The summed E-state index contributed by atoms with van der Waals surface area (Å²) in [6.45, 7) is 3.55. The van der Waals surface area contributed by atoms with E-state index in [2.05, 4.69) is 9.82 Å². The fourth-order valence-electron chi connectivity index (χ4n) is 2.67. The molecule has 0 radical (unpaired) electrons. The van der Waals surface area contributed by atoms with Gasteiger partial charge in [-0.25, -0.2) is 0 Å². The highest BCUT2D eigenvalue weighted by Crippen LogP contribution is 2.26. The number of benzene rings is 2. The molecule has 148 valence electrons. The van der Waals surface area contributed by atoms with Gasteiger partial charge in [-0.3, -0.25) is 10.2 Å². The molecular weight excluding hydrogens is 402 g/mol. The van der Waals surface area contributed by atoms with Crippen LogP contribution < -0.4 is 5.43 Å². The second kappa shape index (κ2) is 7.36. The summed E-state index contributed by atoms with van der Waals surface area (Å²) in [4.78, 5) is 12.4. The van der Waals surface area contributed by atoms with Gasteiger partial charge in [0.15, 0.2) is 5.84 Å². The van der Waals surface area contributed by atoms with Crippen molar-refractivity contribution in [2.75, 3.05) is 0 Å². The predicted octanol–water partition coefficient (Wildman–Crippen LogP) is 1.97. The van der Waals surface area contributed by atoms with Crippen LogP contribution in [0.4, 0.5) is 0 Å². The van der Waals surface area contributed by atoms with Crippen LogP contribution >= 0.6 is 0 Å². The van der Waals surface area contributed by atoms with Crippen molar-refractivity contribution in [2.24, 2.45) is 4.40 Å². The van der Waals surface area contributed by atoms with E-state index in [4.69, 9.17) is 0 Å². The molecule has 1 heterocycles. The van der Waals surface area contributed by atoms with Gasteiger partial charge in [-0.15, -0.1) is 8.81 Å². The van der Waals surface area contributed by atoms with Crippen molar-refractivity contribution in [1.82, 2.24) is 9.84 Å². The Morgan fingerprint density at radius 3 is 2.39 bits per heavy atom. The Morgan fingerprint density at radius 2 is 1.75 bits per heavy atom. The Kier molecular flexibility index (Phi) is 5.26. The number of carbonyl (C=O) groups excluding carboxylic acids is 1. The molecule has 0 spiro atoms. The maximum atomic E-state index is 13.1. The quantitative estimate of drug-likeness (QED) is 0.755. The molecule has 8 nitrogen and oxygen atoms in total. The van der Waals surface area contributed by atoms with Gasteiger partial charge in [-0.2, -0.15) is 16.8 Å².